The van der Waals surface area contributed by atoms with Gasteiger partial charge in [0, 0.05) is 28.9 Å². The predicted molar refractivity (Wildman–Crippen MR) is 92.7 cm³/mol. The molecule has 2 heterocycles. The average molecular weight is 354 g/mol. The smallest absolute Gasteiger partial charge is 0.238 e. The molecular formula is C16H20ClN3O2S. The SMILES string of the molecule is CC1CC(CN)CN1C(=O)CC1Sc2ccc(Cl)cc2NC1=O. The van der Waals surface area contributed by atoms with E-state index in [2.05, 4.69) is 5.32 Å². The third-order valence-electron chi connectivity index (χ3n) is 4.44. The summed E-state index contributed by atoms with van der Waals surface area (Å²) in [5.74, 6) is 0.253. The minimum Gasteiger partial charge on any atom is -0.340 e. The number of hydrogen-bond acceptors (Lipinski definition) is 4. The van der Waals surface area contributed by atoms with Crippen LogP contribution in [0.4, 0.5) is 5.69 Å². The number of anilines is 1. The number of nitrogens with one attached hydrogen (secondary N) is 1. The number of hydrogen-bond donors (Lipinski definition) is 2. The Morgan fingerprint density at radius 3 is 3.00 bits per heavy atom. The highest BCUT2D eigenvalue weighted by Crippen LogP contribution is 2.38. The molecule has 5 nitrogen and oxygen atoms in total. The fourth-order valence-electron chi connectivity index (χ4n) is 3.19. The summed E-state index contributed by atoms with van der Waals surface area (Å²) in [7, 11) is 0. The Balaban J connectivity index is 1.67. The lowest BCUT2D eigenvalue weighted by Crippen LogP contribution is -2.39. The van der Waals surface area contributed by atoms with Crippen molar-refractivity contribution in [3.05, 3.63) is 23.2 Å². The zero-order valence-electron chi connectivity index (χ0n) is 12.9. The first-order valence-electron chi connectivity index (χ1n) is 7.74. The van der Waals surface area contributed by atoms with Gasteiger partial charge in [-0.15, -0.1) is 11.8 Å². The highest BCUT2D eigenvalue weighted by molar-refractivity contribution is 8.01. The summed E-state index contributed by atoms with van der Waals surface area (Å²) < 4.78 is 0. The van der Waals surface area contributed by atoms with E-state index in [0.29, 0.717) is 29.7 Å². The Bertz CT molecular complexity index is 640. The lowest BCUT2D eigenvalue weighted by Gasteiger charge is -2.27. The van der Waals surface area contributed by atoms with E-state index in [-0.39, 0.29) is 24.3 Å². The molecular weight excluding hydrogens is 334 g/mol. The largest absolute Gasteiger partial charge is 0.340 e. The second-order valence-electron chi connectivity index (χ2n) is 6.17. The van der Waals surface area contributed by atoms with E-state index in [4.69, 9.17) is 17.3 Å². The molecule has 0 radical (unpaired) electrons. The number of fused-ring (bicyclic) bond motifs is 1. The van der Waals surface area contributed by atoms with Crippen LogP contribution >= 0.6 is 23.4 Å². The number of benzene rings is 1. The Labute approximate surface area is 144 Å². The molecule has 2 amide bonds. The van der Waals surface area contributed by atoms with E-state index in [1.807, 2.05) is 17.9 Å². The lowest BCUT2D eigenvalue weighted by molar-refractivity contribution is -0.133. The monoisotopic (exact) mass is 353 g/mol. The molecule has 23 heavy (non-hydrogen) atoms. The van der Waals surface area contributed by atoms with Crippen LogP contribution in [-0.4, -0.2) is 41.1 Å². The summed E-state index contributed by atoms with van der Waals surface area (Å²) in [6.45, 7) is 3.33. The molecule has 2 aliphatic rings. The molecule has 1 saturated heterocycles. The maximum absolute atomic E-state index is 12.6. The van der Waals surface area contributed by atoms with Gasteiger partial charge in [-0.3, -0.25) is 9.59 Å². The molecule has 7 heteroatoms. The Morgan fingerprint density at radius 2 is 2.30 bits per heavy atom. The number of nitrogens with zero attached hydrogens (tertiary/aromatic N) is 1. The van der Waals surface area contributed by atoms with E-state index >= 15 is 0 Å². The molecule has 0 aromatic heterocycles. The lowest BCUT2D eigenvalue weighted by atomic mass is 10.1. The summed E-state index contributed by atoms with van der Waals surface area (Å²) in [6, 6.07) is 5.59. The van der Waals surface area contributed by atoms with Gasteiger partial charge in [0.05, 0.1) is 10.9 Å². The van der Waals surface area contributed by atoms with Gasteiger partial charge in [0.1, 0.15) is 0 Å². The van der Waals surface area contributed by atoms with Crippen LogP contribution in [0.5, 0.6) is 0 Å². The van der Waals surface area contributed by atoms with Crippen LogP contribution in [-0.2, 0) is 9.59 Å². The normalized spacial score (nSPS) is 26.8. The van der Waals surface area contributed by atoms with Crippen molar-refractivity contribution in [2.75, 3.05) is 18.4 Å². The van der Waals surface area contributed by atoms with Gasteiger partial charge in [-0.2, -0.15) is 0 Å². The Hall–Kier alpha value is -1.24. The van der Waals surface area contributed by atoms with Crippen LogP contribution < -0.4 is 11.1 Å². The van der Waals surface area contributed by atoms with Crippen LogP contribution in [0.1, 0.15) is 19.8 Å². The van der Waals surface area contributed by atoms with E-state index in [1.54, 1.807) is 12.1 Å². The molecule has 3 rings (SSSR count). The fraction of sp³-hybridized carbons (Fsp3) is 0.500. The highest BCUT2D eigenvalue weighted by Gasteiger charge is 2.35. The summed E-state index contributed by atoms with van der Waals surface area (Å²) in [5.41, 5.74) is 6.43. The van der Waals surface area contributed by atoms with Crippen molar-refractivity contribution in [3.63, 3.8) is 0 Å². The summed E-state index contributed by atoms with van der Waals surface area (Å²) in [5, 5.41) is 3.02. The van der Waals surface area contributed by atoms with Gasteiger partial charge in [0.15, 0.2) is 0 Å². The number of thioether (sulfide) groups is 1. The molecule has 1 aromatic carbocycles. The zero-order valence-corrected chi connectivity index (χ0v) is 14.5. The first-order chi connectivity index (χ1) is 11.0. The highest BCUT2D eigenvalue weighted by atomic mass is 35.5. The van der Waals surface area contributed by atoms with Gasteiger partial charge in [-0.05, 0) is 44.0 Å². The van der Waals surface area contributed by atoms with Crippen molar-refractivity contribution < 1.29 is 9.59 Å². The second-order valence-corrected chi connectivity index (χ2v) is 7.85. The van der Waals surface area contributed by atoms with Crippen molar-refractivity contribution in [2.24, 2.45) is 11.7 Å². The van der Waals surface area contributed by atoms with Crippen molar-refractivity contribution in [3.8, 4) is 0 Å². The maximum atomic E-state index is 12.6. The second kappa shape index (κ2) is 6.71. The Kier molecular flexibility index (Phi) is 4.85. The first-order valence-corrected chi connectivity index (χ1v) is 9.00. The average Bonchev–Trinajstić information content (AvgIpc) is 2.89. The predicted octanol–water partition coefficient (Wildman–Crippen LogP) is 2.34. The van der Waals surface area contributed by atoms with Gasteiger partial charge >= 0.3 is 0 Å². The number of amides is 2. The number of halogens is 1. The van der Waals surface area contributed by atoms with Crippen LogP contribution in [0.25, 0.3) is 0 Å². The van der Waals surface area contributed by atoms with E-state index in [9.17, 15) is 9.59 Å². The van der Waals surface area contributed by atoms with Crippen molar-refractivity contribution in [1.29, 1.82) is 0 Å². The topological polar surface area (TPSA) is 75.4 Å². The van der Waals surface area contributed by atoms with Crippen molar-refractivity contribution >= 4 is 40.9 Å². The molecule has 0 spiro atoms. The molecule has 0 aliphatic carbocycles. The van der Waals surface area contributed by atoms with Gasteiger partial charge in [-0.1, -0.05) is 11.6 Å². The quantitative estimate of drug-likeness (QED) is 0.874. The summed E-state index contributed by atoms with van der Waals surface area (Å²) >= 11 is 7.37. The number of nitrogens with two attached hydrogens (primary N) is 1. The van der Waals surface area contributed by atoms with Crippen LogP contribution in [0.15, 0.2) is 23.1 Å². The number of carbonyl (C=O) groups excluding carboxylic acids is 2. The van der Waals surface area contributed by atoms with Gasteiger partial charge in [-0.25, -0.2) is 0 Å². The van der Waals surface area contributed by atoms with Crippen molar-refractivity contribution in [1.82, 2.24) is 4.90 Å². The summed E-state index contributed by atoms with van der Waals surface area (Å²) in [4.78, 5) is 27.6. The van der Waals surface area contributed by atoms with Crippen molar-refractivity contribution in [2.45, 2.75) is 36.0 Å². The van der Waals surface area contributed by atoms with Gasteiger partial charge in [0.25, 0.3) is 0 Å². The molecule has 1 aromatic rings. The van der Waals surface area contributed by atoms with Gasteiger partial charge < -0.3 is 16.0 Å². The molecule has 0 bridgehead atoms. The molecule has 1 fully saturated rings. The maximum Gasteiger partial charge on any atom is 0.238 e. The van der Waals surface area contributed by atoms with E-state index < -0.39 is 5.25 Å². The van der Waals surface area contributed by atoms with Crippen LogP contribution in [0, 0.1) is 5.92 Å². The molecule has 3 atom stereocenters. The fourth-order valence-corrected chi connectivity index (χ4v) is 4.45. The molecule has 2 aliphatic heterocycles. The third kappa shape index (κ3) is 3.49. The number of rotatable bonds is 3. The van der Waals surface area contributed by atoms with Crippen LogP contribution in [0.3, 0.4) is 0 Å². The van der Waals surface area contributed by atoms with E-state index in [0.717, 1.165) is 11.3 Å². The summed E-state index contributed by atoms with van der Waals surface area (Å²) in [6.07, 6.45) is 1.15. The Morgan fingerprint density at radius 1 is 1.52 bits per heavy atom. The van der Waals surface area contributed by atoms with E-state index in [1.165, 1.54) is 11.8 Å². The number of likely N-dealkylation sites (tertiary alicyclic amines) is 1. The molecule has 0 saturated carbocycles. The minimum absolute atomic E-state index is 0.0264. The van der Waals surface area contributed by atoms with Crippen LogP contribution in [0.2, 0.25) is 5.02 Å². The molecule has 3 unspecified atom stereocenters. The third-order valence-corrected chi connectivity index (χ3v) is 5.95. The van der Waals surface area contributed by atoms with Gasteiger partial charge in [0.2, 0.25) is 11.8 Å². The molecule has 3 N–H and O–H groups in total. The number of carbonyl (C=O) groups is 2. The first kappa shape index (κ1) is 16.6. The standard InChI is InChI=1S/C16H20ClN3O2S/c1-9-4-10(7-18)8-20(9)15(21)6-14-16(22)19-12-5-11(17)2-3-13(12)23-14/h2-3,5,9-10,14H,4,6-8,18H2,1H3,(H,19,22). The molecule has 124 valence electrons. The minimum atomic E-state index is -0.402. The zero-order chi connectivity index (χ0) is 16.6.